The van der Waals surface area contributed by atoms with Crippen molar-refractivity contribution in [2.75, 3.05) is 13.7 Å². The first-order valence-corrected chi connectivity index (χ1v) is 4.52. The van der Waals surface area contributed by atoms with Crippen molar-refractivity contribution >= 4 is 11.3 Å². The maximum absolute atomic E-state index is 5.07. The zero-order chi connectivity index (χ0) is 8.10. The van der Waals surface area contributed by atoms with Crippen molar-refractivity contribution in [3.8, 4) is 5.06 Å². The number of hydrogen-bond donors (Lipinski definition) is 1. The van der Waals surface area contributed by atoms with E-state index in [-0.39, 0.29) is 0 Å². The molecule has 1 aromatic heterocycles. The standard InChI is InChI=1S/C8H13NOS/c1-3-9-6-7-4-5-8(10-2)11-7/h4-5,9H,3,6H2,1-2H3. The Kier molecular flexibility index (Phi) is 3.39. The Bertz CT molecular complexity index is 210. The van der Waals surface area contributed by atoms with Crippen LogP contribution < -0.4 is 10.1 Å². The van der Waals surface area contributed by atoms with E-state index in [0.717, 1.165) is 18.2 Å². The monoisotopic (exact) mass is 171 g/mol. The molecular weight excluding hydrogens is 158 g/mol. The smallest absolute Gasteiger partial charge is 0.173 e. The summed E-state index contributed by atoms with van der Waals surface area (Å²) in [6, 6.07) is 4.09. The topological polar surface area (TPSA) is 21.3 Å². The van der Waals surface area contributed by atoms with Crippen molar-refractivity contribution in [2.45, 2.75) is 13.5 Å². The summed E-state index contributed by atoms with van der Waals surface area (Å²) in [4.78, 5) is 1.32. The zero-order valence-corrected chi connectivity index (χ0v) is 7.70. The summed E-state index contributed by atoms with van der Waals surface area (Å²) in [5, 5.41) is 4.24. The Morgan fingerprint density at radius 3 is 2.91 bits per heavy atom. The fourth-order valence-corrected chi connectivity index (χ4v) is 1.60. The number of thiophene rings is 1. The predicted octanol–water partition coefficient (Wildman–Crippen LogP) is 1.87. The predicted molar refractivity (Wildman–Crippen MR) is 48.3 cm³/mol. The largest absolute Gasteiger partial charge is 0.487 e. The third-order valence-electron chi connectivity index (χ3n) is 1.39. The molecule has 0 atom stereocenters. The molecule has 1 aromatic rings. The summed E-state index contributed by atoms with van der Waals surface area (Å²) >= 11 is 1.69. The third kappa shape index (κ3) is 2.52. The molecule has 0 aliphatic carbocycles. The first kappa shape index (κ1) is 8.56. The zero-order valence-electron chi connectivity index (χ0n) is 6.89. The van der Waals surface area contributed by atoms with Crippen LogP contribution in [0.1, 0.15) is 11.8 Å². The van der Waals surface area contributed by atoms with Crippen molar-refractivity contribution in [1.82, 2.24) is 5.32 Å². The van der Waals surface area contributed by atoms with Crippen LogP contribution in [-0.2, 0) is 6.54 Å². The van der Waals surface area contributed by atoms with Gasteiger partial charge in [-0.2, -0.15) is 0 Å². The van der Waals surface area contributed by atoms with Crippen molar-refractivity contribution in [3.05, 3.63) is 17.0 Å². The molecule has 0 saturated heterocycles. The highest BCUT2D eigenvalue weighted by Crippen LogP contribution is 2.23. The van der Waals surface area contributed by atoms with Gasteiger partial charge in [0, 0.05) is 11.4 Å². The molecule has 0 aliphatic heterocycles. The minimum absolute atomic E-state index is 0.949. The van der Waals surface area contributed by atoms with Crippen LogP contribution in [0, 0.1) is 0 Å². The molecule has 0 bridgehead atoms. The van der Waals surface area contributed by atoms with Gasteiger partial charge in [0.05, 0.1) is 7.11 Å². The number of ether oxygens (including phenoxy) is 1. The number of methoxy groups -OCH3 is 1. The Labute approximate surface area is 71.2 Å². The summed E-state index contributed by atoms with van der Waals surface area (Å²) in [5.74, 6) is 0. The van der Waals surface area contributed by atoms with Crippen molar-refractivity contribution in [3.63, 3.8) is 0 Å². The highest BCUT2D eigenvalue weighted by molar-refractivity contribution is 7.13. The van der Waals surface area contributed by atoms with Crippen molar-refractivity contribution in [2.24, 2.45) is 0 Å². The maximum Gasteiger partial charge on any atom is 0.173 e. The fourth-order valence-electron chi connectivity index (χ4n) is 0.811. The van der Waals surface area contributed by atoms with Gasteiger partial charge < -0.3 is 10.1 Å². The van der Waals surface area contributed by atoms with Gasteiger partial charge in [0.25, 0.3) is 0 Å². The van der Waals surface area contributed by atoms with E-state index in [2.05, 4.69) is 18.3 Å². The van der Waals surface area contributed by atoms with E-state index >= 15 is 0 Å². The Morgan fingerprint density at radius 1 is 1.55 bits per heavy atom. The van der Waals surface area contributed by atoms with Crippen molar-refractivity contribution in [1.29, 1.82) is 0 Å². The van der Waals surface area contributed by atoms with Gasteiger partial charge in [-0.15, -0.1) is 11.3 Å². The van der Waals surface area contributed by atoms with Gasteiger partial charge in [-0.25, -0.2) is 0 Å². The molecule has 62 valence electrons. The molecule has 1 rings (SSSR count). The second kappa shape index (κ2) is 4.36. The Morgan fingerprint density at radius 2 is 2.36 bits per heavy atom. The van der Waals surface area contributed by atoms with Gasteiger partial charge in [0.15, 0.2) is 5.06 Å². The molecule has 0 aliphatic rings. The average Bonchev–Trinajstić information content (AvgIpc) is 2.48. The molecular formula is C8H13NOS. The molecule has 0 saturated carbocycles. The molecule has 1 heterocycles. The third-order valence-corrected chi connectivity index (χ3v) is 2.43. The summed E-state index contributed by atoms with van der Waals surface area (Å²) in [6.45, 7) is 4.07. The molecule has 0 spiro atoms. The molecule has 0 amide bonds. The molecule has 3 heteroatoms. The lowest BCUT2D eigenvalue weighted by Crippen LogP contribution is -2.10. The molecule has 1 N–H and O–H groups in total. The normalized spacial score (nSPS) is 10.0. The molecule has 11 heavy (non-hydrogen) atoms. The first-order valence-electron chi connectivity index (χ1n) is 3.70. The summed E-state index contributed by atoms with van der Waals surface area (Å²) in [6.07, 6.45) is 0. The average molecular weight is 171 g/mol. The van der Waals surface area contributed by atoms with Gasteiger partial charge in [0.1, 0.15) is 0 Å². The SMILES string of the molecule is CCNCc1ccc(OC)s1. The second-order valence-electron chi connectivity index (χ2n) is 2.21. The van der Waals surface area contributed by atoms with E-state index < -0.39 is 0 Å². The van der Waals surface area contributed by atoms with Crippen LogP contribution in [0.5, 0.6) is 5.06 Å². The van der Waals surface area contributed by atoms with Gasteiger partial charge in [-0.3, -0.25) is 0 Å². The summed E-state index contributed by atoms with van der Waals surface area (Å²) < 4.78 is 5.07. The minimum Gasteiger partial charge on any atom is -0.487 e. The summed E-state index contributed by atoms with van der Waals surface area (Å²) in [5.41, 5.74) is 0. The maximum atomic E-state index is 5.07. The Hall–Kier alpha value is -0.540. The van der Waals surface area contributed by atoms with E-state index in [4.69, 9.17) is 4.74 Å². The molecule has 0 radical (unpaired) electrons. The Balaban J connectivity index is 2.44. The molecule has 0 unspecified atom stereocenters. The van der Waals surface area contributed by atoms with Crippen LogP contribution in [0.25, 0.3) is 0 Å². The van der Waals surface area contributed by atoms with Crippen LogP contribution in [-0.4, -0.2) is 13.7 Å². The van der Waals surface area contributed by atoms with Crippen LogP contribution >= 0.6 is 11.3 Å². The quantitative estimate of drug-likeness (QED) is 0.746. The van der Waals surface area contributed by atoms with Crippen LogP contribution in [0.2, 0.25) is 0 Å². The first-order chi connectivity index (χ1) is 5.36. The van der Waals surface area contributed by atoms with Crippen LogP contribution in [0.15, 0.2) is 12.1 Å². The van der Waals surface area contributed by atoms with Gasteiger partial charge >= 0.3 is 0 Å². The number of nitrogens with one attached hydrogen (secondary N) is 1. The lowest BCUT2D eigenvalue weighted by Gasteiger charge is -1.95. The molecule has 0 fully saturated rings. The molecule has 0 aromatic carbocycles. The second-order valence-corrected chi connectivity index (χ2v) is 3.34. The van der Waals surface area contributed by atoms with E-state index in [9.17, 15) is 0 Å². The molecule has 2 nitrogen and oxygen atoms in total. The van der Waals surface area contributed by atoms with Gasteiger partial charge in [-0.1, -0.05) is 6.92 Å². The highest BCUT2D eigenvalue weighted by atomic mass is 32.1. The number of hydrogen-bond acceptors (Lipinski definition) is 3. The lowest BCUT2D eigenvalue weighted by molar-refractivity contribution is 0.427. The minimum atomic E-state index is 0.949. The fraction of sp³-hybridized carbons (Fsp3) is 0.500. The van der Waals surface area contributed by atoms with Crippen molar-refractivity contribution < 1.29 is 4.74 Å². The van der Waals surface area contributed by atoms with E-state index in [1.807, 2.05) is 6.07 Å². The lowest BCUT2D eigenvalue weighted by atomic mass is 10.4. The number of rotatable bonds is 4. The van der Waals surface area contributed by atoms with E-state index in [1.165, 1.54) is 4.88 Å². The van der Waals surface area contributed by atoms with Gasteiger partial charge in [0.2, 0.25) is 0 Å². The highest BCUT2D eigenvalue weighted by Gasteiger charge is 1.97. The van der Waals surface area contributed by atoms with Crippen LogP contribution in [0.4, 0.5) is 0 Å². The van der Waals surface area contributed by atoms with E-state index in [1.54, 1.807) is 18.4 Å². The summed E-state index contributed by atoms with van der Waals surface area (Å²) in [7, 11) is 1.70. The van der Waals surface area contributed by atoms with Crippen LogP contribution in [0.3, 0.4) is 0 Å². The van der Waals surface area contributed by atoms with Gasteiger partial charge in [-0.05, 0) is 18.7 Å². The van der Waals surface area contributed by atoms with E-state index in [0.29, 0.717) is 0 Å².